The van der Waals surface area contributed by atoms with Crippen LogP contribution in [-0.4, -0.2) is 51.3 Å². The fourth-order valence-corrected chi connectivity index (χ4v) is 3.37. The largest absolute Gasteiger partial charge is 0.490 e. The Hall–Kier alpha value is -3.42. The molecule has 8 heteroatoms. The highest BCUT2D eigenvalue weighted by Crippen LogP contribution is 2.34. The van der Waals surface area contributed by atoms with Crippen LogP contribution in [0.25, 0.3) is 0 Å². The summed E-state index contributed by atoms with van der Waals surface area (Å²) in [4.78, 5) is 26.6. The summed E-state index contributed by atoms with van der Waals surface area (Å²) in [6.45, 7) is 1.56. The third-order valence-electron chi connectivity index (χ3n) is 4.77. The number of ether oxygens (including phenoxy) is 3. The van der Waals surface area contributed by atoms with Gasteiger partial charge in [-0.05, 0) is 24.3 Å². The van der Waals surface area contributed by atoms with Gasteiger partial charge in [-0.15, -0.1) is 0 Å². The van der Waals surface area contributed by atoms with Crippen molar-refractivity contribution in [3.8, 4) is 17.2 Å². The number of amides is 2. The Kier molecular flexibility index (Phi) is 5.41. The SMILES string of the molecule is CNC(=O)[C@H]1CN(CC(=O)Nc2ccc3c(c2)OCCCO3)c2ccccc2O1. The van der Waals surface area contributed by atoms with Gasteiger partial charge < -0.3 is 29.7 Å². The van der Waals surface area contributed by atoms with Crippen LogP contribution in [0.4, 0.5) is 11.4 Å². The summed E-state index contributed by atoms with van der Waals surface area (Å²) >= 11 is 0. The number of rotatable bonds is 4. The Balaban J connectivity index is 1.47. The van der Waals surface area contributed by atoms with Gasteiger partial charge >= 0.3 is 0 Å². The van der Waals surface area contributed by atoms with Gasteiger partial charge in [-0.1, -0.05) is 12.1 Å². The lowest BCUT2D eigenvalue weighted by Crippen LogP contribution is -2.50. The van der Waals surface area contributed by atoms with Crippen LogP contribution in [0.15, 0.2) is 42.5 Å². The van der Waals surface area contributed by atoms with Crippen molar-refractivity contribution in [2.45, 2.75) is 12.5 Å². The van der Waals surface area contributed by atoms with Crippen LogP contribution in [0, 0.1) is 0 Å². The first kappa shape index (κ1) is 18.9. The number of likely N-dealkylation sites (N-methyl/N-ethyl adjacent to an activating group) is 1. The summed E-state index contributed by atoms with van der Waals surface area (Å²) in [7, 11) is 1.56. The van der Waals surface area contributed by atoms with Crippen LogP contribution < -0.4 is 29.7 Å². The molecule has 2 aliphatic rings. The zero-order chi connectivity index (χ0) is 20.2. The average molecular weight is 397 g/mol. The second-order valence-corrected chi connectivity index (χ2v) is 6.83. The number of anilines is 2. The Labute approximate surface area is 168 Å². The first-order valence-electron chi connectivity index (χ1n) is 9.56. The van der Waals surface area contributed by atoms with Crippen molar-refractivity contribution >= 4 is 23.2 Å². The molecule has 4 rings (SSSR count). The Morgan fingerprint density at radius 1 is 1.07 bits per heavy atom. The summed E-state index contributed by atoms with van der Waals surface area (Å²) in [5.41, 5.74) is 1.41. The van der Waals surface area contributed by atoms with Crippen molar-refractivity contribution in [3.05, 3.63) is 42.5 Å². The van der Waals surface area contributed by atoms with Crippen molar-refractivity contribution in [1.29, 1.82) is 0 Å². The number of para-hydroxylation sites is 2. The molecule has 0 fully saturated rings. The van der Waals surface area contributed by atoms with E-state index in [0.29, 0.717) is 36.1 Å². The molecule has 0 unspecified atom stereocenters. The number of fused-ring (bicyclic) bond motifs is 2. The van der Waals surface area contributed by atoms with Crippen molar-refractivity contribution in [3.63, 3.8) is 0 Å². The summed E-state index contributed by atoms with van der Waals surface area (Å²) < 4.78 is 17.1. The normalized spacial score (nSPS) is 17.4. The van der Waals surface area contributed by atoms with Gasteiger partial charge in [0.2, 0.25) is 5.91 Å². The maximum atomic E-state index is 12.7. The van der Waals surface area contributed by atoms with Gasteiger partial charge in [-0.25, -0.2) is 0 Å². The van der Waals surface area contributed by atoms with Gasteiger partial charge in [-0.3, -0.25) is 9.59 Å². The van der Waals surface area contributed by atoms with E-state index in [-0.39, 0.29) is 24.9 Å². The predicted octanol–water partition coefficient (Wildman–Crippen LogP) is 1.80. The minimum Gasteiger partial charge on any atom is -0.490 e. The number of carbonyl (C=O) groups excluding carboxylic acids is 2. The van der Waals surface area contributed by atoms with Gasteiger partial charge in [0.1, 0.15) is 5.75 Å². The molecule has 0 aromatic heterocycles. The van der Waals surface area contributed by atoms with E-state index in [9.17, 15) is 9.59 Å². The summed E-state index contributed by atoms with van der Waals surface area (Å²) in [5.74, 6) is 1.45. The minimum absolute atomic E-state index is 0.0856. The molecule has 2 heterocycles. The van der Waals surface area contributed by atoms with Crippen molar-refractivity contribution in [2.24, 2.45) is 0 Å². The molecular formula is C21H23N3O5. The Morgan fingerprint density at radius 3 is 2.69 bits per heavy atom. The molecule has 8 nitrogen and oxygen atoms in total. The topological polar surface area (TPSA) is 89.1 Å². The predicted molar refractivity (Wildman–Crippen MR) is 108 cm³/mol. The third kappa shape index (κ3) is 4.21. The van der Waals surface area contributed by atoms with Crippen LogP contribution in [0.2, 0.25) is 0 Å². The fraction of sp³-hybridized carbons (Fsp3) is 0.333. The van der Waals surface area contributed by atoms with Gasteiger partial charge in [0.05, 0.1) is 32.0 Å². The molecule has 2 amide bonds. The van der Waals surface area contributed by atoms with Crippen LogP contribution >= 0.6 is 0 Å². The molecule has 2 N–H and O–H groups in total. The standard InChI is InChI=1S/C21H23N3O5/c1-22-21(26)19-12-24(15-5-2-3-6-16(15)29-19)13-20(25)23-14-7-8-17-18(11-14)28-10-4-9-27-17/h2-3,5-8,11,19H,4,9-10,12-13H2,1H3,(H,22,26)(H,23,25)/t19-/m1/s1. The maximum absolute atomic E-state index is 12.7. The monoisotopic (exact) mass is 397 g/mol. The lowest BCUT2D eigenvalue weighted by atomic mass is 10.1. The minimum atomic E-state index is -0.680. The molecule has 29 heavy (non-hydrogen) atoms. The number of nitrogens with one attached hydrogen (secondary N) is 2. The van der Waals surface area contributed by atoms with Crippen molar-refractivity contribution in [1.82, 2.24) is 5.32 Å². The van der Waals surface area contributed by atoms with Crippen LogP contribution in [-0.2, 0) is 9.59 Å². The highest BCUT2D eigenvalue weighted by atomic mass is 16.5. The van der Waals surface area contributed by atoms with Gasteiger partial charge in [0, 0.05) is 25.2 Å². The van der Waals surface area contributed by atoms with Crippen molar-refractivity contribution < 1.29 is 23.8 Å². The number of hydrogen-bond donors (Lipinski definition) is 2. The average Bonchev–Trinajstić information content (AvgIpc) is 2.98. The number of nitrogens with zero attached hydrogens (tertiary/aromatic N) is 1. The van der Waals surface area contributed by atoms with E-state index in [0.717, 1.165) is 12.1 Å². The van der Waals surface area contributed by atoms with Crippen LogP contribution in [0.1, 0.15) is 6.42 Å². The van der Waals surface area contributed by atoms with E-state index in [1.54, 1.807) is 31.3 Å². The molecule has 0 saturated heterocycles. The summed E-state index contributed by atoms with van der Waals surface area (Å²) in [6.07, 6.45) is 0.139. The quantitative estimate of drug-likeness (QED) is 0.818. The molecule has 2 aromatic rings. The second kappa shape index (κ2) is 8.30. The van der Waals surface area contributed by atoms with Crippen LogP contribution in [0.3, 0.4) is 0 Å². The highest BCUT2D eigenvalue weighted by molar-refractivity contribution is 5.95. The molecule has 2 aliphatic heterocycles. The zero-order valence-electron chi connectivity index (χ0n) is 16.1. The summed E-state index contributed by atoms with van der Waals surface area (Å²) in [5, 5.41) is 5.49. The van der Waals surface area contributed by atoms with E-state index in [4.69, 9.17) is 14.2 Å². The third-order valence-corrected chi connectivity index (χ3v) is 4.77. The highest BCUT2D eigenvalue weighted by Gasteiger charge is 2.31. The molecule has 0 radical (unpaired) electrons. The zero-order valence-corrected chi connectivity index (χ0v) is 16.1. The molecule has 2 aromatic carbocycles. The molecule has 0 aliphatic carbocycles. The van der Waals surface area contributed by atoms with Gasteiger partial charge in [0.15, 0.2) is 17.6 Å². The second-order valence-electron chi connectivity index (χ2n) is 6.83. The van der Waals surface area contributed by atoms with Crippen LogP contribution in [0.5, 0.6) is 17.2 Å². The summed E-state index contributed by atoms with van der Waals surface area (Å²) in [6, 6.07) is 12.7. The van der Waals surface area contributed by atoms with E-state index in [2.05, 4.69) is 10.6 Å². The smallest absolute Gasteiger partial charge is 0.262 e. The van der Waals surface area contributed by atoms with Crippen molar-refractivity contribution in [2.75, 3.05) is 43.6 Å². The van der Waals surface area contributed by atoms with E-state index >= 15 is 0 Å². The van der Waals surface area contributed by atoms with Gasteiger partial charge in [-0.2, -0.15) is 0 Å². The molecule has 1 atom stereocenters. The fourth-order valence-electron chi connectivity index (χ4n) is 3.37. The Morgan fingerprint density at radius 2 is 1.86 bits per heavy atom. The number of hydrogen-bond acceptors (Lipinski definition) is 6. The lowest BCUT2D eigenvalue weighted by Gasteiger charge is -2.35. The lowest BCUT2D eigenvalue weighted by molar-refractivity contribution is -0.127. The first-order chi connectivity index (χ1) is 14.1. The number of benzene rings is 2. The van der Waals surface area contributed by atoms with E-state index < -0.39 is 6.10 Å². The van der Waals surface area contributed by atoms with E-state index in [1.165, 1.54) is 0 Å². The van der Waals surface area contributed by atoms with Gasteiger partial charge in [0.25, 0.3) is 5.91 Å². The molecular weight excluding hydrogens is 374 g/mol. The van der Waals surface area contributed by atoms with E-state index in [1.807, 2.05) is 23.1 Å². The maximum Gasteiger partial charge on any atom is 0.262 e. The molecule has 152 valence electrons. The molecule has 0 bridgehead atoms. The first-order valence-corrected chi connectivity index (χ1v) is 9.56. The Bertz CT molecular complexity index is 917. The molecule has 0 spiro atoms. The number of carbonyl (C=O) groups is 2. The molecule has 0 saturated carbocycles.